The molecule has 112 valence electrons. The van der Waals surface area contributed by atoms with E-state index in [9.17, 15) is 17.6 Å². The number of hydrogen-bond acceptors (Lipinski definition) is 1. The summed E-state index contributed by atoms with van der Waals surface area (Å²) in [6.45, 7) is 0. The molecule has 2 rings (SSSR count). The smallest absolute Gasteiger partial charge is 0.324 e. The van der Waals surface area contributed by atoms with E-state index in [4.69, 9.17) is 5.73 Å². The fraction of sp³-hybridized carbons (Fsp3) is 0.200. The highest BCUT2D eigenvalue weighted by Crippen LogP contribution is 2.30. The molecule has 0 amide bonds. The Kier molecular flexibility index (Phi) is 4.68. The van der Waals surface area contributed by atoms with Gasteiger partial charge >= 0.3 is 6.18 Å². The average molecular weight is 362 g/mol. The number of benzene rings is 2. The molecule has 1 atom stereocenters. The van der Waals surface area contributed by atoms with Crippen LogP contribution in [-0.4, -0.2) is 0 Å². The molecule has 6 heteroatoms. The molecular weight excluding hydrogens is 350 g/mol. The van der Waals surface area contributed by atoms with Crippen LogP contribution in [0.5, 0.6) is 0 Å². The number of alkyl halides is 3. The second-order valence-electron chi connectivity index (χ2n) is 4.67. The van der Waals surface area contributed by atoms with Crippen LogP contribution >= 0.6 is 15.9 Å². The van der Waals surface area contributed by atoms with Gasteiger partial charge in [-0.05, 0) is 47.9 Å². The molecular formula is C15H12BrF4N. The van der Waals surface area contributed by atoms with Crippen LogP contribution in [0.15, 0.2) is 46.9 Å². The lowest BCUT2D eigenvalue weighted by atomic mass is 9.99. The minimum atomic E-state index is -4.35. The Labute approximate surface area is 127 Å². The van der Waals surface area contributed by atoms with E-state index in [1.54, 1.807) is 6.07 Å². The summed E-state index contributed by atoms with van der Waals surface area (Å²) >= 11 is 3.29. The molecule has 0 aliphatic heterocycles. The first-order chi connectivity index (χ1) is 9.77. The third-order valence-electron chi connectivity index (χ3n) is 3.09. The van der Waals surface area contributed by atoms with Gasteiger partial charge in [0.25, 0.3) is 0 Å². The number of nitrogens with two attached hydrogens (primary N) is 1. The van der Waals surface area contributed by atoms with Gasteiger partial charge in [-0.25, -0.2) is 4.39 Å². The zero-order valence-corrected chi connectivity index (χ0v) is 12.4. The topological polar surface area (TPSA) is 26.0 Å². The summed E-state index contributed by atoms with van der Waals surface area (Å²) in [7, 11) is 0. The van der Waals surface area contributed by atoms with E-state index in [0.717, 1.165) is 12.1 Å². The Balaban J connectivity index is 2.16. The van der Waals surface area contributed by atoms with Gasteiger partial charge in [0.2, 0.25) is 0 Å². The Morgan fingerprint density at radius 3 is 2.24 bits per heavy atom. The molecule has 2 aromatic carbocycles. The second kappa shape index (κ2) is 6.15. The van der Waals surface area contributed by atoms with Crippen molar-refractivity contribution in [2.45, 2.75) is 18.6 Å². The van der Waals surface area contributed by atoms with Crippen LogP contribution in [0.4, 0.5) is 17.6 Å². The van der Waals surface area contributed by atoms with Gasteiger partial charge in [0, 0.05) is 10.5 Å². The highest BCUT2D eigenvalue weighted by atomic mass is 79.9. The third kappa shape index (κ3) is 4.04. The highest BCUT2D eigenvalue weighted by Gasteiger charge is 2.30. The molecule has 1 unspecified atom stereocenters. The van der Waals surface area contributed by atoms with Crippen molar-refractivity contribution in [2.24, 2.45) is 5.73 Å². The minimum absolute atomic E-state index is 0.320. The molecule has 0 aliphatic carbocycles. The maximum Gasteiger partial charge on any atom is 0.416 e. The van der Waals surface area contributed by atoms with Crippen molar-refractivity contribution < 1.29 is 17.6 Å². The first-order valence-electron chi connectivity index (χ1n) is 6.14. The molecule has 0 saturated carbocycles. The van der Waals surface area contributed by atoms with E-state index >= 15 is 0 Å². The fourth-order valence-electron chi connectivity index (χ4n) is 1.99. The van der Waals surface area contributed by atoms with Crippen molar-refractivity contribution in [3.63, 3.8) is 0 Å². The molecule has 0 heterocycles. The van der Waals surface area contributed by atoms with Gasteiger partial charge < -0.3 is 5.73 Å². The molecule has 21 heavy (non-hydrogen) atoms. The summed E-state index contributed by atoms with van der Waals surface area (Å²) in [6, 6.07) is 8.47. The van der Waals surface area contributed by atoms with Gasteiger partial charge in [-0.2, -0.15) is 13.2 Å². The lowest BCUT2D eigenvalue weighted by Crippen LogP contribution is -2.14. The van der Waals surface area contributed by atoms with E-state index < -0.39 is 23.6 Å². The van der Waals surface area contributed by atoms with E-state index in [1.807, 2.05) is 0 Å². The van der Waals surface area contributed by atoms with Crippen LogP contribution < -0.4 is 5.73 Å². The number of rotatable bonds is 3. The van der Waals surface area contributed by atoms with Gasteiger partial charge in [-0.3, -0.25) is 0 Å². The Morgan fingerprint density at radius 1 is 1.05 bits per heavy atom. The molecule has 2 aromatic rings. The Bertz CT molecular complexity index is 623. The lowest BCUT2D eigenvalue weighted by Gasteiger charge is -2.15. The highest BCUT2D eigenvalue weighted by molar-refractivity contribution is 9.10. The Morgan fingerprint density at radius 2 is 1.67 bits per heavy atom. The molecule has 1 nitrogen and oxygen atoms in total. The quantitative estimate of drug-likeness (QED) is 0.777. The molecule has 0 aromatic heterocycles. The number of hydrogen-bond donors (Lipinski definition) is 1. The molecule has 0 fully saturated rings. The first kappa shape index (κ1) is 16.0. The van der Waals surface area contributed by atoms with Gasteiger partial charge in [0.15, 0.2) is 0 Å². The largest absolute Gasteiger partial charge is 0.416 e. The molecule has 0 aliphatic rings. The zero-order chi connectivity index (χ0) is 15.6. The normalized spacial score (nSPS) is 13.2. The average Bonchev–Trinajstić information content (AvgIpc) is 2.41. The van der Waals surface area contributed by atoms with Crippen LogP contribution in [0.2, 0.25) is 0 Å². The second-order valence-corrected chi connectivity index (χ2v) is 5.53. The Hall–Kier alpha value is -1.40. The van der Waals surface area contributed by atoms with E-state index in [1.165, 1.54) is 24.3 Å². The summed E-state index contributed by atoms with van der Waals surface area (Å²) in [5, 5.41) is 0. The lowest BCUT2D eigenvalue weighted by molar-refractivity contribution is -0.137. The van der Waals surface area contributed by atoms with Gasteiger partial charge in [-0.15, -0.1) is 0 Å². The third-order valence-corrected chi connectivity index (χ3v) is 3.82. The van der Waals surface area contributed by atoms with Crippen molar-refractivity contribution in [1.29, 1.82) is 0 Å². The van der Waals surface area contributed by atoms with Crippen LogP contribution in [0.1, 0.15) is 22.7 Å². The molecule has 2 N–H and O–H groups in total. The predicted molar refractivity (Wildman–Crippen MR) is 76.2 cm³/mol. The first-order valence-corrected chi connectivity index (χ1v) is 6.93. The zero-order valence-electron chi connectivity index (χ0n) is 10.8. The molecule has 0 saturated heterocycles. The van der Waals surface area contributed by atoms with Gasteiger partial charge in [0.05, 0.1) is 5.56 Å². The maximum atomic E-state index is 13.2. The summed E-state index contributed by atoms with van der Waals surface area (Å²) in [4.78, 5) is 0. The summed E-state index contributed by atoms with van der Waals surface area (Å²) < 4.78 is 51.3. The van der Waals surface area contributed by atoms with Crippen molar-refractivity contribution in [2.75, 3.05) is 0 Å². The van der Waals surface area contributed by atoms with E-state index in [2.05, 4.69) is 15.9 Å². The van der Waals surface area contributed by atoms with Crippen molar-refractivity contribution in [3.8, 4) is 0 Å². The van der Waals surface area contributed by atoms with Crippen molar-refractivity contribution in [1.82, 2.24) is 0 Å². The maximum absolute atomic E-state index is 13.2. The molecule has 0 bridgehead atoms. The predicted octanol–water partition coefficient (Wildman–Crippen LogP) is 4.85. The summed E-state index contributed by atoms with van der Waals surface area (Å²) in [5.74, 6) is -0.406. The van der Waals surface area contributed by atoms with Crippen LogP contribution in [-0.2, 0) is 12.6 Å². The van der Waals surface area contributed by atoms with Crippen LogP contribution in [0, 0.1) is 5.82 Å². The van der Waals surface area contributed by atoms with Gasteiger partial charge in [-0.1, -0.05) is 28.1 Å². The van der Waals surface area contributed by atoms with Crippen molar-refractivity contribution >= 4 is 15.9 Å². The SMILES string of the molecule is NC(Cc1ccc(C(F)(F)F)cc1)c1cc(F)ccc1Br. The minimum Gasteiger partial charge on any atom is -0.324 e. The van der Waals surface area contributed by atoms with Crippen LogP contribution in [0.25, 0.3) is 0 Å². The van der Waals surface area contributed by atoms with E-state index in [-0.39, 0.29) is 0 Å². The number of halogens is 5. The van der Waals surface area contributed by atoms with Gasteiger partial charge in [0.1, 0.15) is 5.82 Å². The fourth-order valence-corrected chi connectivity index (χ4v) is 2.53. The summed E-state index contributed by atoms with van der Waals surface area (Å²) in [6.07, 6.45) is -4.04. The molecule has 0 spiro atoms. The van der Waals surface area contributed by atoms with E-state index in [0.29, 0.717) is 22.0 Å². The monoisotopic (exact) mass is 361 g/mol. The van der Waals surface area contributed by atoms with Crippen molar-refractivity contribution in [3.05, 3.63) is 69.4 Å². The summed E-state index contributed by atoms with van der Waals surface area (Å²) in [5.41, 5.74) is 6.54. The molecule has 0 radical (unpaired) electrons. The standard InChI is InChI=1S/C15H12BrF4N/c16-13-6-5-11(17)8-12(13)14(21)7-9-1-3-10(4-2-9)15(18,19)20/h1-6,8,14H,7,21H2. The van der Waals surface area contributed by atoms with Crippen LogP contribution in [0.3, 0.4) is 0 Å².